The van der Waals surface area contributed by atoms with Gasteiger partial charge in [-0.15, -0.1) is 0 Å². The van der Waals surface area contributed by atoms with E-state index in [-0.39, 0.29) is 5.92 Å². The van der Waals surface area contributed by atoms with Crippen LogP contribution in [0.4, 0.5) is 0 Å². The van der Waals surface area contributed by atoms with Crippen LogP contribution in [0, 0.1) is 6.92 Å². The third-order valence-electron chi connectivity index (χ3n) is 14.3. The highest BCUT2D eigenvalue weighted by Crippen LogP contribution is 2.49. The van der Waals surface area contributed by atoms with Crippen molar-refractivity contribution in [3.63, 3.8) is 0 Å². The molecule has 1 nitrogen and oxygen atoms in total. The molecule has 2 unspecified atom stereocenters. The lowest BCUT2D eigenvalue weighted by Crippen LogP contribution is -2.13. The molecule has 0 aliphatic heterocycles. The van der Waals surface area contributed by atoms with E-state index in [0.717, 1.165) is 28.7 Å². The van der Waals surface area contributed by atoms with Crippen molar-refractivity contribution >= 4 is 10.8 Å². The van der Waals surface area contributed by atoms with Crippen LogP contribution in [0.15, 0.2) is 261 Å². The Bertz CT molecular complexity index is 3570. The van der Waals surface area contributed by atoms with Crippen LogP contribution >= 0.6 is 0 Å². The average molecular weight is 899 g/mol. The molecule has 0 amide bonds. The van der Waals surface area contributed by atoms with Gasteiger partial charge in [-0.05, 0) is 137 Å². The largest absolute Gasteiger partial charge is 0.507 e. The van der Waals surface area contributed by atoms with Gasteiger partial charge in [0.1, 0.15) is 5.75 Å². The summed E-state index contributed by atoms with van der Waals surface area (Å²) in [5, 5.41) is 13.0. The van der Waals surface area contributed by atoms with Gasteiger partial charge < -0.3 is 5.11 Å². The molecule has 0 spiro atoms. The first-order valence-corrected chi connectivity index (χ1v) is 24.5. The zero-order valence-corrected chi connectivity index (χ0v) is 39.6. The summed E-state index contributed by atoms with van der Waals surface area (Å²) in [6.45, 7) is 4.40. The molecule has 70 heavy (non-hydrogen) atoms. The molecule has 11 aromatic rings. The number of fused-ring (bicyclic) bond motifs is 5. The molecule has 0 aromatic heterocycles. The van der Waals surface area contributed by atoms with Crippen LogP contribution in [0.25, 0.3) is 77.5 Å². The van der Waals surface area contributed by atoms with Crippen LogP contribution in [0.5, 0.6) is 5.75 Å². The fourth-order valence-electron chi connectivity index (χ4n) is 10.4. The molecule has 0 fully saturated rings. The highest BCUT2D eigenvalue weighted by Gasteiger charge is 2.29. The van der Waals surface area contributed by atoms with Gasteiger partial charge in [-0.25, -0.2) is 0 Å². The van der Waals surface area contributed by atoms with E-state index in [1.54, 1.807) is 6.07 Å². The number of hydrogen-bond acceptors (Lipinski definition) is 1. The number of aryl methyl sites for hydroxylation is 1. The SMILES string of the molecule is CC(c1ccc(-c2cccc(-c3ccccc3O)c2)cc1)c1ccc(-c2cc3c(c4ccccc24)C(c2ccccc2)Cc2ccccc2-3)cc1.Cc1ccc(-c2cccc(-c3ccccc3)c2)cc1. The van der Waals surface area contributed by atoms with Gasteiger partial charge in [-0.3, -0.25) is 0 Å². The van der Waals surface area contributed by atoms with Gasteiger partial charge in [0.25, 0.3) is 0 Å². The number of rotatable bonds is 8. The fourth-order valence-corrected chi connectivity index (χ4v) is 10.4. The quantitative estimate of drug-likeness (QED) is 0.161. The lowest BCUT2D eigenvalue weighted by Gasteiger charge is -2.31. The minimum atomic E-state index is 0.250. The van der Waals surface area contributed by atoms with E-state index in [2.05, 4.69) is 238 Å². The second-order valence-electron chi connectivity index (χ2n) is 18.6. The third kappa shape index (κ3) is 8.98. The standard InChI is InChI=1S/C50H38O.C19H16/c1-33(34-22-26-36(27-23-34)39-15-11-16-40(30-39)43-18-9-10-21-49(43)51)35-24-28-38(29-25-35)46-32-48-42-17-6-5-14-41(42)31-47(37-12-3-2-4-13-37)50(48)45-20-8-7-19-44(45)46;1-15-10-12-17(13-11-15)19-9-5-8-18(14-19)16-6-3-2-4-7-16/h2-30,32-33,47,51H,31H2,1H3;2-14H,1H3. The Morgan fingerprint density at radius 1 is 0.357 bits per heavy atom. The maximum atomic E-state index is 10.4. The summed E-state index contributed by atoms with van der Waals surface area (Å²) in [4.78, 5) is 0. The maximum Gasteiger partial charge on any atom is 0.123 e. The first-order valence-electron chi connectivity index (χ1n) is 24.5. The molecule has 0 radical (unpaired) electrons. The molecular weight excluding hydrogens is 845 g/mol. The molecule has 0 bridgehead atoms. The summed E-state index contributed by atoms with van der Waals surface area (Å²) in [5.41, 5.74) is 22.5. The molecule has 0 heterocycles. The summed E-state index contributed by atoms with van der Waals surface area (Å²) >= 11 is 0. The molecule has 1 N–H and O–H groups in total. The van der Waals surface area contributed by atoms with E-state index in [0.29, 0.717) is 11.7 Å². The minimum absolute atomic E-state index is 0.250. The topological polar surface area (TPSA) is 20.2 Å². The van der Waals surface area contributed by atoms with Crippen molar-refractivity contribution in [1.82, 2.24) is 0 Å². The highest BCUT2D eigenvalue weighted by atomic mass is 16.3. The van der Waals surface area contributed by atoms with Crippen molar-refractivity contribution in [2.45, 2.75) is 32.1 Å². The van der Waals surface area contributed by atoms with Crippen LogP contribution in [0.1, 0.15) is 52.1 Å². The van der Waals surface area contributed by atoms with E-state index in [1.807, 2.05) is 30.3 Å². The summed E-state index contributed by atoms with van der Waals surface area (Å²) in [5.74, 6) is 0.858. The molecule has 0 saturated heterocycles. The van der Waals surface area contributed by atoms with Gasteiger partial charge in [-0.1, -0.05) is 249 Å². The van der Waals surface area contributed by atoms with Gasteiger partial charge >= 0.3 is 0 Å². The number of benzene rings is 11. The second-order valence-corrected chi connectivity index (χ2v) is 18.6. The number of phenolic OH excluding ortho intramolecular Hbond substituents is 1. The zero-order valence-electron chi connectivity index (χ0n) is 39.6. The lowest BCUT2D eigenvalue weighted by atomic mass is 9.73. The van der Waals surface area contributed by atoms with Crippen LogP contribution in [0.3, 0.4) is 0 Å². The van der Waals surface area contributed by atoms with Gasteiger partial charge in [0.2, 0.25) is 0 Å². The Balaban J connectivity index is 0.000000234. The van der Waals surface area contributed by atoms with Crippen molar-refractivity contribution < 1.29 is 5.11 Å². The third-order valence-corrected chi connectivity index (χ3v) is 14.3. The predicted octanol–water partition coefficient (Wildman–Crippen LogP) is 18.4. The Morgan fingerprint density at radius 2 is 0.829 bits per heavy atom. The molecule has 0 saturated carbocycles. The smallest absolute Gasteiger partial charge is 0.123 e. The van der Waals surface area contributed by atoms with Crippen molar-refractivity contribution in [2.75, 3.05) is 0 Å². The second kappa shape index (κ2) is 19.6. The first-order chi connectivity index (χ1) is 34.4. The van der Waals surface area contributed by atoms with E-state index < -0.39 is 0 Å². The molecule has 1 aliphatic carbocycles. The molecule has 1 heteroatoms. The summed E-state index contributed by atoms with van der Waals surface area (Å²) in [6.07, 6.45) is 1.01. The molecular formula is C69H54O. The Kier molecular flexibility index (Phi) is 12.3. The van der Waals surface area contributed by atoms with Crippen molar-refractivity contribution in [1.29, 1.82) is 0 Å². The van der Waals surface area contributed by atoms with E-state index in [4.69, 9.17) is 0 Å². The monoisotopic (exact) mass is 898 g/mol. The molecule has 2 atom stereocenters. The Hall–Kier alpha value is -8.52. The first kappa shape index (κ1) is 44.0. The van der Waals surface area contributed by atoms with Crippen LogP contribution in [-0.4, -0.2) is 5.11 Å². The highest BCUT2D eigenvalue weighted by molar-refractivity contribution is 6.04. The van der Waals surface area contributed by atoms with Crippen molar-refractivity contribution in [3.05, 3.63) is 294 Å². The Morgan fingerprint density at radius 3 is 1.47 bits per heavy atom. The zero-order chi connectivity index (χ0) is 47.4. The van der Waals surface area contributed by atoms with Crippen LogP contribution < -0.4 is 0 Å². The summed E-state index contributed by atoms with van der Waals surface area (Å²) < 4.78 is 0. The van der Waals surface area contributed by atoms with Gasteiger partial charge in [0.05, 0.1) is 0 Å². The van der Waals surface area contributed by atoms with Gasteiger partial charge in [-0.2, -0.15) is 0 Å². The molecule has 12 rings (SSSR count). The van der Waals surface area contributed by atoms with Crippen LogP contribution in [0.2, 0.25) is 0 Å². The maximum absolute atomic E-state index is 10.4. The number of para-hydroxylation sites is 1. The number of phenols is 1. The van der Waals surface area contributed by atoms with E-state index >= 15 is 0 Å². The van der Waals surface area contributed by atoms with Crippen LogP contribution in [-0.2, 0) is 6.42 Å². The fraction of sp³-hybridized carbons (Fsp3) is 0.0725. The summed E-state index contributed by atoms with van der Waals surface area (Å²) in [7, 11) is 0. The molecule has 336 valence electrons. The normalized spacial score (nSPS) is 13.1. The van der Waals surface area contributed by atoms with Gasteiger partial charge in [0, 0.05) is 17.4 Å². The van der Waals surface area contributed by atoms with Gasteiger partial charge in [0.15, 0.2) is 0 Å². The van der Waals surface area contributed by atoms with E-state index in [9.17, 15) is 5.11 Å². The lowest BCUT2D eigenvalue weighted by molar-refractivity contribution is 0.477. The van der Waals surface area contributed by atoms with Crippen molar-refractivity contribution in [2.24, 2.45) is 0 Å². The number of hydrogen-bond donors (Lipinski definition) is 1. The summed E-state index contributed by atoms with van der Waals surface area (Å²) in [6, 6.07) is 93.3. The number of aromatic hydroxyl groups is 1. The molecule has 1 aliphatic rings. The van der Waals surface area contributed by atoms with Crippen molar-refractivity contribution in [3.8, 4) is 72.5 Å². The average Bonchev–Trinajstić information content (AvgIpc) is 3.43. The molecule has 11 aromatic carbocycles. The van der Waals surface area contributed by atoms with E-state index in [1.165, 1.54) is 88.7 Å². The predicted molar refractivity (Wildman–Crippen MR) is 295 cm³/mol. The Labute approximate surface area is 412 Å². The minimum Gasteiger partial charge on any atom is -0.507 e.